The molecule has 0 saturated carbocycles. The van der Waals surface area contributed by atoms with Crippen LogP contribution < -0.4 is 20.9 Å². The summed E-state index contributed by atoms with van der Waals surface area (Å²) in [5, 5.41) is 3.33. The maximum atomic E-state index is 12.0. The van der Waals surface area contributed by atoms with Crippen LogP contribution in [-0.2, 0) is 9.84 Å². The highest BCUT2D eigenvalue weighted by Crippen LogP contribution is 2.27. The smallest absolute Gasteiger partial charge is 0.227 e. The van der Waals surface area contributed by atoms with Crippen molar-refractivity contribution in [3.05, 3.63) is 12.3 Å². The lowest BCUT2D eigenvalue weighted by Crippen LogP contribution is -2.57. The Morgan fingerprint density at radius 2 is 2.00 bits per heavy atom. The second-order valence-corrected chi connectivity index (χ2v) is 9.09. The number of nitrogens with zero attached hydrogens (tertiary/aromatic N) is 4. The lowest BCUT2D eigenvalue weighted by Gasteiger charge is -2.38. The number of nitrogens with two attached hydrogens (primary N) is 1. The summed E-state index contributed by atoms with van der Waals surface area (Å²) in [5.41, 5.74) is 5.97. The van der Waals surface area contributed by atoms with Crippen LogP contribution in [0.1, 0.15) is 12.8 Å². The number of piperidine rings is 1. The molecule has 3 N–H and O–H groups in total. The van der Waals surface area contributed by atoms with Crippen molar-refractivity contribution in [1.29, 1.82) is 0 Å². The summed E-state index contributed by atoms with van der Waals surface area (Å²) in [6, 6.07) is 2.10. The van der Waals surface area contributed by atoms with Gasteiger partial charge in [-0.2, -0.15) is 4.98 Å². The van der Waals surface area contributed by atoms with E-state index in [0.717, 1.165) is 50.8 Å². The second-order valence-electron chi connectivity index (χ2n) is 6.94. The van der Waals surface area contributed by atoms with E-state index in [-0.39, 0.29) is 29.6 Å². The summed E-state index contributed by atoms with van der Waals surface area (Å²) in [7, 11) is -2.98. The summed E-state index contributed by atoms with van der Waals surface area (Å²) in [6.45, 7) is 3.27. The maximum Gasteiger partial charge on any atom is 0.227 e. The van der Waals surface area contributed by atoms with Crippen LogP contribution in [0.15, 0.2) is 12.3 Å². The van der Waals surface area contributed by atoms with Gasteiger partial charge in [0.25, 0.3) is 0 Å². The Balaban J connectivity index is 1.57. The lowest BCUT2D eigenvalue weighted by molar-refractivity contribution is 0.422. The first-order valence-electron chi connectivity index (χ1n) is 8.56. The third-order valence-corrected chi connectivity index (χ3v) is 6.94. The molecule has 132 valence electrons. The van der Waals surface area contributed by atoms with Gasteiger partial charge in [0.05, 0.1) is 17.5 Å². The summed E-state index contributed by atoms with van der Waals surface area (Å²) in [6.07, 6.45) is 3.67. The van der Waals surface area contributed by atoms with Gasteiger partial charge in [0, 0.05) is 44.5 Å². The molecule has 3 aliphatic rings. The van der Waals surface area contributed by atoms with Gasteiger partial charge in [-0.1, -0.05) is 0 Å². The minimum atomic E-state index is -2.98. The quantitative estimate of drug-likeness (QED) is 0.697. The molecular weight excluding hydrogens is 328 g/mol. The van der Waals surface area contributed by atoms with Gasteiger partial charge in [0.1, 0.15) is 5.82 Å². The normalized spacial score (nSPS) is 30.4. The zero-order valence-electron chi connectivity index (χ0n) is 13.6. The number of nitrogens with one attached hydrogen (secondary N) is 1. The molecular formula is C15H24N6O2S. The minimum absolute atomic E-state index is 0.00449. The van der Waals surface area contributed by atoms with E-state index < -0.39 is 9.84 Å². The van der Waals surface area contributed by atoms with Crippen molar-refractivity contribution in [2.45, 2.75) is 31.0 Å². The maximum absolute atomic E-state index is 12.0. The van der Waals surface area contributed by atoms with Crippen LogP contribution in [0.25, 0.3) is 0 Å². The number of anilines is 2. The van der Waals surface area contributed by atoms with Crippen LogP contribution in [0.3, 0.4) is 0 Å². The number of piperazine rings is 1. The monoisotopic (exact) mass is 352 g/mol. The van der Waals surface area contributed by atoms with Crippen molar-refractivity contribution in [1.82, 2.24) is 15.3 Å². The third kappa shape index (κ3) is 3.07. The fourth-order valence-electron chi connectivity index (χ4n) is 3.90. The molecule has 9 heteroatoms. The van der Waals surface area contributed by atoms with Crippen molar-refractivity contribution in [3.8, 4) is 0 Å². The molecule has 4 heterocycles. The minimum Gasteiger partial charge on any atom is -0.350 e. The molecule has 0 aliphatic carbocycles. The Hall–Kier alpha value is -1.45. The van der Waals surface area contributed by atoms with E-state index in [1.165, 1.54) is 0 Å². The average molecular weight is 352 g/mol. The van der Waals surface area contributed by atoms with Crippen molar-refractivity contribution in [2.75, 3.05) is 47.5 Å². The zero-order chi connectivity index (χ0) is 16.7. The molecule has 0 aromatic carbocycles. The van der Waals surface area contributed by atoms with E-state index in [2.05, 4.69) is 20.1 Å². The molecule has 0 spiro atoms. The molecule has 3 saturated heterocycles. The topological polar surface area (TPSA) is 104 Å². The van der Waals surface area contributed by atoms with Crippen LogP contribution in [0.5, 0.6) is 0 Å². The fraction of sp³-hybridized carbons (Fsp3) is 0.733. The van der Waals surface area contributed by atoms with Crippen molar-refractivity contribution in [3.63, 3.8) is 0 Å². The van der Waals surface area contributed by atoms with Gasteiger partial charge in [-0.15, -0.1) is 0 Å². The molecule has 0 unspecified atom stereocenters. The first kappa shape index (κ1) is 16.0. The van der Waals surface area contributed by atoms with E-state index >= 15 is 0 Å². The molecule has 0 radical (unpaired) electrons. The number of hydrogen-bond donors (Lipinski definition) is 2. The van der Waals surface area contributed by atoms with Gasteiger partial charge in [-0.25, -0.2) is 13.4 Å². The summed E-state index contributed by atoms with van der Waals surface area (Å²) < 4.78 is 24.0. The van der Waals surface area contributed by atoms with Crippen LogP contribution in [0.4, 0.5) is 11.8 Å². The highest BCUT2D eigenvalue weighted by molar-refractivity contribution is 7.91. The molecule has 8 nitrogen and oxygen atoms in total. The van der Waals surface area contributed by atoms with Crippen molar-refractivity contribution >= 4 is 21.6 Å². The Bertz CT molecular complexity index is 704. The highest BCUT2D eigenvalue weighted by Gasteiger charge is 2.43. The molecule has 3 aliphatic heterocycles. The summed E-state index contributed by atoms with van der Waals surface area (Å²) in [5.74, 6) is 1.96. The van der Waals surface area contributed by atoms with Crippen LogP contribution in [0.2, 0.25) is 0 Å². The van der Waals surface area contributed by atoms with Gasteiger partial charge in [-0.3, -0.25) is 0 Å². The Morgan fingerprint density at radius 1 is 1.21 bits per heavy atom. The molecule has 2 atom stereocenters. The Morgan fingerprint density at radius 3 is 2.79 bits per heavy atom. The Kier molecular flexibility index (Phi) is 4.09. The standard InChI is InChI=1S/C15H24N6O2S/c16-11-2-6-20(7-3-11)15-18-4-1-14(19-15)21-8-5-17-12-9-24(22,23)10-13(12)21/h1,4,11-13,17H,2-3,5-10,16H2/t12-,13+/m1/s1. The van der Waals surface area contributed by atoms with Crippen molar-refractivity contribution in [2.24, 2.45) is 5.73 Å². The van der Waals surface area contributed by atoms with Crippen molar-refractivity contribution < 1.29 is 8.42 Å². The predicted molar refractivity (Wildman–Crippen MR) is 93.0 cm³/mol. The van der Waals surface area contributed by atoms with Gasteiger partial charge in [-0.05, 0) is 18.9 Å². The number of sulfone groups is 1. The predicted octanol–water partition coefficient (Wildman–Crippen LogP) is -1.02. The van der Waals surface area contributed by atoms with E-state index in [1.807, 2.05) is 6.07 Å². The van der Waals surface area contributed by atoms with Crippen LogP contribution in [-0.4, -0.2) is 74.2 Å². The SMILES string of the molecule is NC1CCN(c2nccc(N3CCN[C@@H]4CS(=O)(=O)C[C@@H]43)n2)CC1. The summed E-state index contributed by atoms with van der Waals surface area (Å²) in [4.78, 5) is 13.4. The van der Waals surface area contributed by atoms with Gasteiger partial charge >= 0.3 is 0 Å². The average Bonchev–Trinajstić information content (AvgIpc) is 2.89. The Labute approximate surface area is 142 Å². The zero-order valence-corrected chi connectivity index (χ0v) is 14.5. The lowest BCUT2D eigenvalue weighted by atomic mass is 10.1. The van der Waals surface area contributed by atoms with Gasteiger partial charge < -0.3 is 20.9 Å². The first-order chi connectivity index (χ1) is 11.5. The number of fused-ring (bicyclic) bond motifs is 1. The molecule has 4 rings (SSSR count). The largest absolute Gasteiger partial charge is 0.350 e. The molecule has 1 aromatic heterocycles. The van der Waals surface area contributed by atoms with E-state index in [4.69, 9.17) is 10.7 Å². The third-order valence-electron chi connectivity index (χ3n) is 5.23. The summed E-state index contributed by atoms with van der Waals surface area (Å²) >= 11 is 0. The van der Waals surface area contributed by atoms with Gasteiger partial charge in [0.2, 0.25) is 5.95 Å². The van der Waals surface area contributed by atoms with E-state index in [9.17, 15) is 8.42 Å². The van der Waals surface area contributed by atoms with E-state index in [0.29, 0.717) is 0 Å². The van der Waals surface area contributed by atoms with E-state index in [1.54, 1.807) is 6.20 Å². The molecule has 0 bridgehead atoms. The number of aromatic nitrogens is 2. The molecule has 0 amide bonds. The van der Waals surface area contributed by atoms with Crippen LogP contribution >= 0.6 is 0 Å². The van der Waals surface area contributed by atoms with Crippen LogP contribution in [0, 0.1) is 0 Å². The fourth-order valence-corrected chi connectivity index (χ4v) is 5.86. The number of hydrogen-bond acceptors (Lipinski definition) is 8. The first-order valence-corrected chi connectivity index (χ1v) is 10.4. The molecule has 3 fully saturated rings. The molecule has 1 aromatic rings. The van der Waals surface area contributed by atoms with Gasteiger partial charge in [0.15, 0.2) is 9.84 Å². The highest BCUT2D eigenvalue weighted by atomic mass is 32.2. The molecule has 24 heavy (non-hydrogen) atoms. The second kappa shape index (κ2) is 6.12. The number of rotatable bonds is 2.